The van der Waals surface area contributed by atoms with Crippen molar-refractivity contribution in [2.24, 2.45) is 5.73 Å². The molecule has 0 atom stereocenters. The highest BCUT2D eigenvalue weighted by Crippen LogP contribution is 2.18. The fourth-order valence-corrected chi connectivity index (χ4v) is 1.45. The second kappa shape index (κ2) is 9.76. The van der Waals surface area contributed by atoms with E-state index in [0.717, 1.165) is 11.3 Å². The van der Waals surface area contributed by atoms with Gasteiger partial charge in [0.1, 0.15) is 16.8 Å². The first-order chi connectivity index (χ1) is 9.70. The number of furan rings is 1. The zero-order valence-electron chi connectivity index (χ0n) is 10.4. The number of amides is 1. The molecule has 104 valence electrons. The molecule has 2 aromatic heterocycles. The second-order valence-corrected chi connectivity index (χ2v) is 4.39. The van der Waals surface area contributed by atoms with E-state index >= 15 is 0 Å². The maximum atomic E-state index is 9.09. The van der Waals surface area contributed by atoms with Gasteiger partial charge in [-0.25, -0.2) is 0 Å². The van der Waals surface area contributed by atoms with Gasteiger partial charge >= 0.3 is 0 Å². The van der Waals surface area contributed by atoms with Crippen LogP contribution in [0, 0.1) is 0 Å². The van der Waals surface area contributed by atoms with Crippen molar-refractivity contribution in [2.75, 3.05) is 0 Å². The Kier molecular flexibility index (Phi) is 7.78. The van der Waals surface area contributed by atoms with Crippen molar-refractivity contribution in [1.29, 1.82) is 0 Å². The lowest BCUT2D eigenvalue weighted by Gasteiger charge is -1.92. The first-order valence-corrected chi connectivity index (χ1v) is 6.85. The van der Waals surface area contributed by atoms with Crippen LogP contribution in [0.15, 0.2) is 64.2 Å². The van der Waals surface area contributed by atoms with Gasteiger partial charge in [-0.2, -0.15) is 0 Å². The predicted octanol–water partition coefficient (Wildman–Crippen LogP) is 3.48. The molecule has 20 heavy (non-hydrogen) atoms. The van der Waals surface area contributed by atoms with Gasteiger partial charge in [-0.3, -0.25) is 4.79 Å². The van der Waals surface area contributed by atoms with Gasteiger partial charge in [0.15, 0.2) is 0 Å². The molecular formula is C13H13N3O2S2. The number of rotatable bonds is 1. The van der Waals surface area contributed by atoms with Crippen LogP contribution in [0.25, 0.3) is 11.3 Å². The highest BCUT2D eigenvalue weighted by atomic mass is 32.1. The molecule has 7 heteroatoms. The molecule has 0 bridgehead atoms. The third kappa shape index (κ3) is 7.34. The Balaban J connectivity index is 0.000000185. The Labute approximate surface area is 125 Å². The lowest BCUT2D eigenvalue weighted by molar-refractivity contribution is 0.267. The highest BCUT2D eigenvalue weighted by molar-refractivity contribution is 7.96. The lowest BCUT2D eigenvalue weighted by Crippen LogP contribution is -1.95. The van der Waals surface area contributed by atoms with Crippen LogP contribution in [0.1, 0.15) is 0 Å². The number of thiol groups is 1. The average molecular weight is 307 g/mol. The highest BCUT2D eigenvalue weighted by Gasteiger charge is 1.95. The molecule has 0 fully saturated rings. The van der Waals surface area contributed by atoms with Gasteiger partial charge in [0.25, 0.3) is 5.24 Å². The molecule has 0 aliphatic carbocycles. The minimum absolute atomic E-state index is 0.639. The maximum Gasteiger partial charge on any atom is 0.273 e. The molecule has 1 aromatic carbocycles. The van der Waals surface area contributed by atoms with Gasteiger partial charge in [0.2, 0.25) is 0 Å². The van der Waals surface area contributed by atoms with E-state index in [1.54, 1.807) is 17.3 Å². The number of benzene rings is 1. The molecule has 2 heterocycles. The topological polar surface area (TPSA) is 82.0 Å². The summed E-state index contributed by atoms with van der Waals surface area (Å²) in [6.45, 7) is 0. The largest absolute Gasteiger partial charge is 0.464 e. The summed E-state index contributed by atoms with van der Waals surface area (Å²) in [5, 5.41) is 6.34. The van der Waals surface area contributed by atoms with E-state index in [1.165, 1.54) is 11.3 Å². The Bertz CT molecular complexity index is 548. The fraction of sp³-hybridized carbons (Fsp3) is 0. The van der Waals surface area contributed by atoms with Crippen LogP contribution in [0.3, 0.4) is 0 Å². The SMILES string of the molecule is NC(=O)S.c1ccc(-c2ccco2)cc1.c1nncs1. The number of aromatic nitrogens is 2. The third-order valence-corrected chi connectivity index (χ3v) is 2.29. The summed E-state index contributed by atoms with van der Waals surface area (Å²) in [6, 6.07) is 13.9. The van der Waals surface area contributed by atoms with Gasteiger partial charge in [0.05, 0.1) is 6.26 Å². The number of carbonyl (C=O) groups excluding carboxylic acids is 1. The zero-order chi connectivity index (χ0) is 14.6. The minimum Gasteiger partial charge on any atom is -0.464 e. The molecule has 0 radical (unpaired) electrons. The first kappa shape index (κ1) is 15.9. The van der Waals surface area contributed by atoms with Gasteiger partial charge < -0.3 is 10.2 Å². The van der Waals surface area contributed by atoms with E-state index in [4.69, 9.17) is 9.21 Å². The number of nitrogens with zero attached hydrogens (tertiary/aromatic N) is 2. The molecular weight excluding hydrogens is 294 g/mol. The van der Waals surface area contributed by atoms with E-state index in [0.29, 0.717) is 0 Å². The van der Waals surface area contributed by atoms with Crippen LogP contribution in [-0.4, -0.2) is 15.4 Å². The Morgan fingerprint density at radius 1 is 1.10 bits per heavy atom. The molecule has 3 aromatic rings. The molecule has 5 nitrogen and oxygen atoms in total. The van der Waals surface area contributed by atoms with Crippen molar-refractivity contribution in [1.82, 2.24) is 10.2 Å². The van der Waals surface area contributed by atoms with Crippen molar-refractivity contribution >= 4 is 29.2 Å². The van der Waals surface area contributed by atoms with Gasteiger partial charge in [0, 0.05) is 5.56 Å². The summed E-state index contributed by atoms with van der Waals surface area (Å²) in [6.07, 6.45) is 1.68. The second-order valence-electron chi connectivity index (χ2n) is 3.26. The summed E-state index contributed by atoms with van der Waals surface area (Å²) in [4.78, 5) is 9.09. The summed E-state index contributed by atoms with van der Waals surface area (Å²) in [5.74, 6) is 0.922. The molecule has 0 aliphatic heterocycles. The molecule has 0 saturated carbocycles. The summed E-state index contributed by atoms with van der Waals surface area (Å²) >= 11 is 4.60. The van der Waals surface area contributed by atoms with Gasteiger partial charge in [-0.1, -0.05) is 43.0 Å². The number of primary amides is 1. The Hall–Kier alpha value is -2.12. The normalized spacial score (nSPS) is 8.65. The minimum atomic E-state index is -0.639. The summed E-state index contributed by atoms with van der Waals surface area (Å²) in [5.41, 5.74) is 8.82. The quantitative estimate of drug-likeness (QED) is 0.674. The molecule has 0 saturated heterocycles. The predicted molar refractivity (Wildman–Crippen MR) is 82.6 cm³/mol. The van der Waals surface area contributed by atoms with Crippen LogP contribution in [0.5, 0.6) is 0 Å². The summed E-state index contributed by atoms with van der Waals surface area (Å²) in [7, 11) is 0. The van der Waals surface area contributed by atoms with Crippen molar-refractivity contribution in [3.05, 3.63) is 59.7 Å². The Morgan fingerprint density at radius 3 is 2.10 bits per heavy atom. The van der Waals surface area contributed by atoms with E-state index in [-0.39, 0.29) is 0 Å². The van der Waals surface area contributed by atoms with Gasteiger partial charge in [-0.05, 0) is 12.1 Å². The van der Waals surface area contributed by atoms with Crippen LogP contribution >= 0.6 is 24.0 Å². The molecule has 2 N–H and O–H groups in total. The molecule has 0 unspecified atom stereocenters. The lowest BCUT2D eigenvalue weighted by atomic mass is 10.2. The van der Waals surface area contributed by atoms with E-state index in [2.05, 4.69) is 28.6 Å². The van der Waals surface area contributed by atoms with Crippen LogP contribution in [-0.2, 0) is 0 Å². The number of carbonyl (C=O) groups is 1. The molecule has 1 amide bonds. The van der Waals surface area contributed by atoms with Crippen LogP contribution < -0.4 is 5.73 Å². The van der Waals surface area contributed by atoms with E-state index in [9.17, 15) is 0 Å². The number of hydrogen-bond acceptors (Lipinski definition) is 5. The average Bonchev–Trinajstić information content (AvgIpc) is 3.16. The maximum absolute atomic E-state index is 9.09. The van der Waals surface area contributed by atoms with Crippen LogP contribution in [0.2, 0.25) is 0 Å². The third-order valence-electron chi connectivity index (χ3n) is 1.86. The Morgan fingerprint density at radius 2 is 1.70 bits per heavy atom. The number of nitrogens with two attached hydrogens (primary N) is 1. The van der Waals surface area contributed by atoms with Crippen molar-refractivity contribution < 1.29 is 9.21 Å². The first-order valence-electron chi connectivity index (χ1n) is 5.46. The monoisotopic (exact) mass is 307 g/mol. The zero-order valence-corrected chi connectivity index (χ0v) is 12.1. The molecule has 3 rings (SSSR count). The van der Waals surface area contributed by atoms with Crippen molar-refractivity contribution in [2.45, 2.75) is 0 Å². The van der Waals surface area contributed by atoms with Crippen molar-refractivity contribution in [3.63, 3.8) is 0 Å². The standard InChI is InChI=1S/C10H8O.C2H2N2S.CH3NOS/c1-2-5-9(6-3-1)10-7-4-8-11-10;1-3-4-2-5-1;2-1(3)4/h1-8H;1-2H;(H3,2,3,4). The van der Waals surface area contributed by atoms with Gasteiger partial charge in [-0.15, -0.1) is 21.5 Å². The van der Waals surface area contributed by atoms with E-state index in [1.807, 2.05) is 42.5 Å². The molecule has 0 aliphatic rings. The van der Waals surface area contributed by atoms with Crippen molar-refractivity contribution in [3.8, 4) is 11.3 Å². The van der Waals surface area contributed by atoms with Crippen LogP contribution in [0.4, 0.5) is 4.79 Å². The molecule has 0 spiro atoms. The van der Waals surface area contributed by atoms with E-state index < -0.39 is 5.24 Å². The number of hydrogen-bond donors (Lipinski definition) is 2. The fourth-order valence-electron chi connectivity index (χ4n) is 1.18. The smallest absolute Gasteiger partial charge is 0.273 e. The summed E-state index contributed by atoms with van der Waals surface area (Å²) < 4.78 is 5.22.